The molecule has 2 nitrogen and oxygen atoms in total. The van der Waals surface area contributed by atoms with Crippen LogP contribution in [0.25, 0.3) is 0 Å². The van der Waals surface area contributed by atoms with Gasteiger partial charge in [-0.05, 0) is 51.3 Å². The van der Waals surface area contributed by atoms with Crippen LogP contribution in [0.3, 0.4) is 0 Å². The summed E-state index contributed by atoms with van der Waals surface area (Å²) in [6, 6.07) is 8.51. The van der Waals surface area contributed by atoms with E-state index in [1.807, 2.05) is 12.1 Å². The fourth-order valence-electron chi connectivity index (χ4n) is 2.12. The molecule has 6 heteroatoms. The molecule has 0 aliphatic carbocycles. The van der Waals surface area contributed by atoms with E-state index in [9.17, 15) is 4.39 Å². The first-order chi connectivity index (χ1) is 10.1. The zero-order chi connectivity index (χ0) is 15.0. The number of benzene rings is 2. The number of alkyl halides is 1. The van der Waals surface area contributed by atoms with Crippen LogP contribution in [0, 0.1) is 5.82 Å². The first kappa shape index (κ1) is 15.1. The molecule has 21 heavy (non-hydrogen) atoms. The molecule has 0 fully saturated rings. The number of ether oxygens (including phenoxy) is 2. The average Bonchev–Trinajstić information content (AvgIpc) is 2.48. The van der Waals surface area contributed by atoms with Crippen molar-refractivity contribution in [2.75, 3.05) is 13.2 Å². The van der Waals surface area contributed by atoms with Crippen LogP contribution in [-0.2, 0) is 0 Å². The molecule has 0 saturated carbocycles. The van der Waals surface area contributed by atoms with Crippen LogP contribution in [-0.4, -0.2) is 13.2 Å². The Bertz CT molecular complexity index is 694. The van der Waals surface area contributed by atoms with Gasteiger partial charge in [0.25, 0.3) is 0 Å². The molecular formula is C15H10Br2ClFO2. The van der Waals surface area contributed by atoms with Crippen LogP contribution in [0.5, 0.6) is 11.5 Å². The molecule has 1 aliphatic heterocycles. The number of fused-ring (bicyclic) bond motifs is 1. The molecule has 1 aliphatic rings. The Kier molecular flexibility index (Phi) is 4.43. The molecule has 0 N–H and O–H groups in total. The lowest BCUT2D eigenvalue weighted by Crippen LogP contribution is -2.15. The molecule has 0 saturated heterocycles. The van der Waals surface area contributed by atoms with Gasteiger partial charge < -0.3 is 9.47 Å². The summed E-state index contributed by atoms with van der Waals surface area (Å²) in [7, 11) is 0. The van der Waals surface area contributed by atoms with Crippen molar-refractivity contribution in [1.29, 1.82) is 0 Å². The van der Waals surface area contributed by atoms with Gasteiger partial charge >= 0.3 is 0 Å². The van der Waals surface area contributed by atoms with Crippen LogP contribution in [0.15, 0.2) is 39.3 Å². The number of rotatable bonds is 2. The lowest BCUT2D eigenvalue weighted by molar-refractivity contribution is 0.171. The van der Waals surface area contributed by atoms with Gasteiger partial charge in [0.1, 0.15) is 19.0 Å². The zero-order valence-electron chi connectivity index (χ0n) is 10.7. The minimum atomic E-state index is -0.488. The van der Waals surface area contributed by atoms with E-state index < -0.39 is 5.38 Å². The third-order valence-electron chi connectivity index (χ3n) is 3.17. The van der Waals surface area contributed by atoms with Gasteiger partial charge in [0, 0.05) is 4.47 Å². The van der Waals surface area contributed by atoms with Crippen LogP contribution in [0.4, 0.5) is 4.39 Å². The molecular weight excluding hydrogens is 426 g/mol. The van der Waals surface area contributed by atoms with Gasteiger partial charge in [0.15, 0.2) is 11.5 Å². The molecule has 2 aromatic carbocycles. The molecule has 1 atom stereocenters. The van der Waals surface area contributed by atoms with Crippen LogP contribution < -0.4 is 9.47 Å². The van der Waals surface area contributed by atoms with Crippen LogP contribution in [0.2, 0.25) is 0 Å². The standard InChI is InChI=1S/C15H10Br2ClFO2/c16-10-2-1-8(5-12(10)19)15(18)9-6-13-14(7-11(9)17)21-4-3-20-13/h1-2,5-7,15H,3-4H2. The molecule has 1 heterocycles. The van der Waals surface area contributed by atoms with Crippen molar-refractivity contribution < 1.29 is 13.9 Å². The summed E-state index contributed by atoms with van der Waals surface area (Å²) >= 11 is 13.1. The fraction of sp³-hybridized carbons (Fsp3) is 0.200. The van der Waals surface area contributed by atoms with Crippen molar-refractivity contribution in [2.24, 2.45) is 0 Å². The Hall–Kier alpha value is -0.780. The van der Waals surface area contributed by atoms with E-state index in [-0.39, 0.29) is 5.82 Å². The largest absolute Gasteiger partial charge is 0.486 e. The van der Waals surface area contributed by atoms with Gasteiger partial charge in [-0.25, -0.2) is 4.39 Å². The number of hydrogen-bond acceptors (Lipinski definition) is 2. The summed E-state index contributed by atoms with van der Waals surface area (Å²) in [6.45, 7) is 1.04. The summed E-state index contributed by atoms with van der Waals surface area (Å²) in [4.78, 5) is 0. The van der Waals surface area contributed by atoms with Gasteiger partial charge in [-0.3, -0.25) is 0 Å². The molecule has 0 aromatic heterocycles. The van der Waals surface area contributed by atoms with E-state index >= 15 is 0 Å². The van der Waals surface area contributed by atoms with Crippen molar-refractivity contribution in [2.45, 2.75) is 5.38 Å². The Morgan fingerprint density at radius 3 is 2.33 bits per heavy atom. The van der Waals surface area contributed by atoms with Crippen LogP contribution in [0.1, 0.15) is 16.5 Å². The summed E-state index contributed by atoms with van der Waals surface area (Å²) < 4.78 is 26.0. The molecule has 1 unspecified atom stereocenters. The van der Waals surface area contributed by atoms with Crippen molar-refractivity contribution in [3.63, 3.8) is 0 Å². The van der Waals surface area contributed by atoms with Crippen molar-refractivity contribution in [1.82, 2.24) is 0 Å². The highest BCUT2D eigenvalue weighted by Gasteiger charge is 2.21. The highest BCUT2D eigenvalue weighted by atomic mass is 79.9. The highest BCUT2D eigenvalue weighted by Crippen LogP contribution is 2.42. The Morgan fingerprint density at radius 2 is 1.67 bits per heavy atom. The third kappa shape index (κ3) is 3.05. The quantitative estimate of drug-likeness (QED) is 0.583. The molecule has 0 spiro atoms. The van der Waals surface area contributed by atoms with Gasteiger partial charge in [0.05, 0.1) is 9.85 Å². The second kappa shape index (κ2) is 6.15. The maximum atomic E-state index is 13.7. The average molecular weight is 437 g/mol. The Morgan fingerprint density at radius 1 is 1.00 bits per heavy atom. The predicted octanol–water partition coefficient (Wildman–Crippen LogP) is 5.45. The topological polar surface area (TPSA) is 18.5 Å². The molecule has 0 amide bonds. The lowest BCUT2D eigenvalue weighted by Gasteiger charge is -2.21. The normalized spacial score (nSPS) is 14.9. The summed E-state index contributed by atoms with van der Waals surface area (Å²) in [5, 5.41) is -0.488. The maximum absolute atomic E-state index is 13.7. The first-order valence-electron chi connectivity index (χ1n) is 6.24. The Balaban J connectivity index is 2.00. The van der Waals surface area contributed by atoms with E-state index in [1.54, 1.807) is 12.1 Å². The van der Waals surface area contributed by atoms with Crippen LogP contribution >= 0.6 is 43.5 Å². The zero-order valence-corrected chi connectivity index (χ0v) is 14.6. The van der Waals surface area contributed by atoms with Crippen molar-refractivity contribution in [3.8, 4) is 11.5 Å². The van der Waals surface area contributed by atoms with E-state index in [0.29, 0.717) is 34.7 Å². The van der Waals surface area contributed by atoms with E-state index in [1.165, 1.54) is 6.07 Å². The minimum Gasteiger partial charge on any atom is -0.486 e. The molecule has 0 bridgehead atoms. The van der Waals surface area contributed by atoms with E-state index in [2.05, 4.69) is 31.9 Å². The lowest BCUT2D eigenvalue weighted by atomic mass is 10.0. The number of halogens is 4. The first-order valence-corrected chi connectivity index (χ1v) is 8.26. The van der Waals surface area contributed by atoms with E-state index in [4.69, 9.17) is 21.1 Å². The molecule has 2 aromatic rings. The van der Waals surface area contributed by atoms with E-state index in [0.717, 1.165) is 10.0 Å². The second-order valence-corrected chi connectivity index (χ2v) is 6.70. The van der Waals surface area contributed by atoms with Gasteiger partial charge in [-0.15, -0.1) is 11.6 Å². The molecule has 0 radical (unpaired) electrons. The van der Waals surface area contributed by atoms with Crippen molar-refractivity contribution in [3.05, 3.63) is 56.2 Å². The smallest absolute Gasteiger partial charge is 0.162 e. The number of hydrogen-bond donors (Lipinski definition) is 0. The molecule has 110 valence electrons. The fourth-order valence-corrected chi connectivity index (χ4v) is 3.37. The molecule has 3 rings (SSSR count). The Labute approximate surface area is 143 Å². The second-order valence-electron chi connectivity index (χ2n) is 4.55. The minimum absolute atomic E-state index is 0.341. The van der Waals surface area contributed by atoms with Gasteiger partial charge in [0.2, 0.25) is 0 Å². The summed E-state index contributed by atoms with van der Waals surface area (Å²) in [6.07, 6.45) is 0. The monoisotopic (exact) mass is 434 g/mol. The predicted molar refractivity (Wildman–Crippen MR) is 86.9 cm³/mol. The summed E-state index contributed by atoms with van der Waals surface area (Å²) in [5.41, 5.74) is 1.48. The third-order valence-corrected chi connectivity index (χ3v) is 4.99. The SMILES string of the molecule is Fc1cc(C(Cl)c2cc3c(cc2Br)OCCO3)ccc1Br. The highest BCUT2D eigenvalue weighted by molar-refractivity contribution is 9.10. The van der Waals surface area contributed by atoms with Crippen molar-refractivity contribution >= 4 is 43.5 Å². The summed E-state index contributed by atoms with van der Waals surface area (Å²) in [5.74, 6) is 0.997. The van der Waals surface area contributed by atoms with Gasteiger partial charge in [-0.1, -0.05) is 22.0 Å². The van der Waals surface area contributed by atoms with Gasteiger partial charge in [-0.2, -0.15) is 0 Å². The maximum Gasteiger partial charge on any atom is 0.162 e.